The van der Waals surface area contributed by atoms with Gasteiger partial charge in [-0.15, -0.1) is 0 Å². The summed E-state index contributed by atoms with van der Waals surface area (Å²) in [4.78, 5) is 4.42. The van der Waals surface area contributed by atoms with Crippen LogP contribution in [0.4, 0.5) is 4.39 Å². The minimum Gasteiger partial charge on any atom is -0.385 e. The number of benzene rings is 1. The van der Waals surface area contributed by atoms with E-state index in [1.54, 1.807) is 0 Å². The zero-order valence-corrected chi connectivity index (χ0v) is 9.47. The molecule has 2 aliphatic rings. The first-order valence-electron chi connectivity index (χ1n) is 5.89. The van der Waals surface area contributed by atoms with Crippen molar-refractivity contribution in [2.75, 3.05) is 6.61 Å². The molecule has 2 unspecified atom stereocenters. The first-order valence-corrected chi connectivity index (χ1v) is 5.89. The topological polar surface area (TPSA) is 47.6 Å². The maximum Gasteiger partial charge on any atom is 0.229 e. The number of hydrogen-bond acceptors (Lipinski definition) is 3. The molecule has 90 valence electrons. The lowest BCUT2D eigenvalue weighted by molar-refractivity contribution is -0.0930. The van der Waals surface area contributed by atoms with Gasteiger partial charge in [0, 0.05) is 0 Å². The standard InChI is InChI=1S/C13H15FN2O/c14-12-13(10-6-7-10,16-11(15)8-17-12)9-4-2-1-3-5-9/h1-5,10,12H,6-8H2,(H2,15,16). The molecule has 3 rings (SSSR count). The van der Waals surface area contributed by atoms with E-state index in [1.807, 2.05) is 30.3 Å². The molecule has 0 spiro atoms. The molecule has 0 amide bonds. The molecule has 1 fully saturated rings. The molecular weight excluding hydrogens is 219 g/mol. The fourth-order valence-corrected chi connectivity index (χ4v) is 2.54. The maximum atomic E-state index is 14.3. The van der Waals surface area contributed by atoms with E-state index in [9.17, 15) is 4.39 Å². The van der Waals surface area contributed by atoms with Crippen LogP contribution in [0.3, 0.4) is 0 Å². The molecule has 3 nitrogen and oxygen atoms in total. The average molecular weight is 234 g/mol. The van der Waals surface area contributed by atoms with Gasteiger partial charge in [-0.3, -0.25) is 4.99 Å². The highest BCUT2D eigenvalue weighted by Gasteiger charge is 2.54. The normalized spacial score (nSPS) is 33.2. The van der Waals surface area contributed by atoms with Gasteiger partial charge in [0.1, 0.15) is 18.0 Å². The molecule has 2 N–H and O–H groups in total. The van der Waals surface area contributed by atoms with Gasteiger partial charge in [-0.1, -0.05) is 30.3 Å². The Kier molecular flexibility index (Phi) is 2.40. The third-order valence-corrected chi connectivity index (χ3v) is 3.49. The first kappa shape index (κ1) is 10.7. The van der Waals surface area contributed by atoms with Crippen LogP contribution in [0.5, 0.6) is 0 Å². The minimum absolute atomic E-state index is 0.0858. The second kappa shape index (κ2) is 3.81. The summed E-state index contributed by atoms with van der Waals surface area (Å²) in [6.07, 6.45) is 0.565. The van der Waals surface area contributed by atoms with E-state index < -0.39 is 11.9 Å². The van der Waals surface area contributed by atoms with Gasteiger partial charge in [-0.25, -0.2) is 4.39 Å². The van der Waals surface area contributed by atoms with Gasteiger partial charge in [-0.05, 0) is 24.3 Å². The SMILES string of the molecule is NC1=NC(c2ccccc2)(C2CC2)C(F)OC1. The summed E-state index contributed by atoms with van der Waals surface area (Å²) >= 11 is 0. The number of nitrogens with two attached hydrogens (primary N) is 1. The van der Waals surface area contributed by atoms with Gasteiger partial charge in [0.15, 0.2) is 0 Å². The van der Waals surface area contributed by atoms with Gasteiger partial charge in [0.25, 0.3) is 0 Å². The highest BCUT2D eigenvalue weighted by Crippen LogP contribution is 2.52. The van der Waals surface area contributed by atoms with Crippen LogP contribution < -0.4 is 5.73 Å². The molecule has 0 radical (unpaired) electrons. The summed E-state index contributed by atoms with van der Waals surface area (Å²) in [5, 5.41) is 0. The molecule has 2 atom stereocenters. The minimum atomic E-state index is -1.40. The zero-order valence-electron chi connectivity index (χ0n) is 9.47. The predicted molar refractivity (Wildman–Crippen MR) is 63.3 cm³/mol. The van der Waals surface area contributed by atoms with E-state index in [2.05, 4.69) is 4.99 Å². The van der Waals surface area contributed by atoms with Crippen LogP contribution in [0, 0.1) is 5.92 Å². The van der Waals surface area contributed by atoms with Crippen LogP contribution in [0.2, 0.25) is 0 Å². The van der Waals surface area contributed by atoms with Crippen molar-refractivity contribution in [2.45, 2.75) is 24.7 Å². The molecule has 1 aliphatic heterocycles. The van der Waals surface area contributed by atoms with E-state index in [4.69, 9.17) is 10.5 Å². The van der Waals surface area contributed by atoms with E-state index in [-0.39, 0.29) is 12.5 Å². The molecule has 4 heteroatoms. The fraction of sp³-hybridized carbons (Fsp3) is 0.462. The largest absolute Gasteiger partial charge is 0.385 e. The molecule has 1 aromatic carbocycles. The maximum absolute atomic E-state index is 14.3. The Morgan fingerprint density at radius 3 is 2.65 bits per heavy atom. The summed E-state index contributed by atoms with van der Waals surface area (Å²) in [5.74, 6) is 0.591. The summed E-state index contributed by atoms with van der Waals surface area (Å²) in [7, 11) is 0. The summed E-state index contributed by atoms with van der Waals surface area (Å²) in [5.41, 5.74) is 5.68. The lowest BCUT2D eigenvalue weighted by Crippen LogP contribution is -2.46. The Morgan fingerprint density at radius 1 is 1.29 bits per heavy atom. The number of aliphatic imine (C=N–C) groups is 1. The molecule has 0 aromatic heterocycles. The van der Waals surface area contributed by atoms with Crippen LogP contribution in [0.25, 0.3) is 0 Å². The van der Waals surface area contributed by atoms with E-state index in [0.29, 0.717) is 5.84 Å². The zero-order chi connectivity index (χ0) is 11.9. The molecule has 1 aromatic rings. The summed E-state index contributed by atoms with van der Waals surface area (Å²) < 4.78 is 19.4. The van der Waals surface area contributed by atoms with E-state index in [0.717, 1.165) is 18.4 Å². The Morgan fingerprint density at radius 2 is 2.00 bits per heavy atom. The second-order valence-electron chi connectivity index (χ2n) is 4.70. The van der Waals surface area contributed by atoms with Gasteiger partial charge in [0.05, 0.1) is 0 Å². The van der Waals surface area contributed by atoms with E-state index >= 15 is 0 Å². The molecular formula is C13H15FN2O. The van der Waals surface area contributed by atoms with E-state index in [1.165, 1.54) is 0 Å². The van der Waals surface area contributed by atoms with Crippen molar-refractivity contribution in [1.29, 1.82) is 0 Å². The predicted octanol–water partition coefficient (Wildman–Crippen LogP) is 1.97. The van der Waals surface area contributed by atoms with Crippen molar-refractivity contribution in [2.24, 2.45) is 16.6 Å². The second-order valence-corrected chi connectivity index (χ2v) is 4.70. The van der Waals surface area contributed by atoms with Crippen molar-refractivity contribution in [3.05, 3.63) is 35.9 Å². The van der Waals surface area contributed by atoms with Gasteiger partial charge in [0.2, 0.25) is 6.36 Å². The first-order chi connectivity index (χ1) is 8.23. The number of rotatable bonds is 2. The monoisotopic (exact) mass is 234 g/mol. The Labute approximate surface area is 99.5 Å². The van der Waals surface area contributed by atoms with Crippen molar-refractivity contribution in [3.8, 4) is 0 Å². The Bertz CT molecular complexity index is 444. The highest BCUT2D eigenvalue weighted by atomic mass is 19.1. The smallest absolute Gasteiger partial charge is 0.229 e. The lowest BCUT2D eigenvalue weighted by atomic mass is 9.84. The average Bonchev–Trinajstić information content (AvgIpc) is 3.18. The van der Waals surface area contributed by atoms with Crippen molar-refractivity contribution in [1.82, 2.24) is 0 Å². The van der Waals surface area contributed by atoms with Crippen LogP contribution in [0.1, 0.15) is 18.4 Å². The van der Waals surface area contributed by atoms with Gasteiger partial charge < -0.3 is 10.5 Å². The van der Waals surface area contributed by atoms with Gasteiger partial charge in [-0.2, -0.15) is 0 Å². The molecule has 0 saturated heterocycles. The van der Waals surface area contributed by atoms with Crippen molar-refractivity contribution < 1.29 is 9.13 Å². The molecule has 1 aliphatic carbocycles. The number of halogens is 1. The number of amidine groups is 1. The molecule has 0 bridgehead atoms. The summed E-state index contributed by atoms with van der Waals surface area (Å²) in [6, 6.07) is 9.50. The number of ether oxygens (including phenoxy) is 1. The van der Waals surface area contributed by atoms with Gasteiger partial charge >= 0.3 is 0 Å². The van der Waals surface area contributed by atoms with Crippen molar-refractivity contribution >= 4 is 5.84 Å². The third kappa shape index (κ3) is 1.63. The Hall–Kier alpha value is -1.42. The molecule has 1 saturated carbocycles. The Balaban J connectivity index is 2.12. The van der Waals surface area contributed by atoms with Crippen LogP contribution >= 0.6 is 0 Å². The fourth-order valence-electron chi connectivity index (χ4n) is 2.54. The molecule has 1 heterocycles. The van der Waals surface area contributed by atoms with Crippen molar-refractivity contribution in [3.63, 3.8) is 0 Å². The summed E-state index contributed by atoms with van der Waals surface area (Å²) in [6.45, 7) is 0.0858. The lowest BCUT2D eigenvalue weighted by Gasteiger charge is -2.36. The number of nitrogens with zero attached hydrogens (tertiary/aromatic N) is 1. The number of alkyl halides is 1. The highest BCUT2D eigenvalue weighted by molar-refractivity contribution is 5.82. The molecule has 17 heavy (non-hydrogen) atoms. The van der Waals surface area contributed by atoms with Crippen LogP contribution in [0.15, 0.2) is 35.3 Å². The van der Waals surface area contributed by atoms with Crippen LogP contribution in [-0.4, -0.2) is 18.8 Å². The van der Waals surface area contributed by atoms with Crippen LogP contribution in [-0.2, 0) is 10.3 Å². The third-order valence-electron chi connectivity index (χ3n) is 3.49. The quantitative estimate of drug-likeness (QED) is 0.850. The number of hydrogen-bond donors (Lipinski definition) is 1.